The molecule has 2 N–H and O–H groups in total. The molecule has 0 saturated heterocycles. The summed E-state index contributed by atoms with van der Waals surface area (Å²) < 4.78 is 28.4. The zero-order valence-corrected chi connectivity index (χ0v) is 19.9. The van der Waals surface area contributed by atoms with Gasteiger partial charge in [0.1, 0.15) is 10.6 Å². The van der Waals surface area contributed by atoms with E-state index in [2.05, 4.69) is 10.6 Å². The number of hydrogen-bond donors (Lipinski definition) is 2. The number of rotatable bonds is 8. The number of para-hydroxylation sites is 1. The molecule has 9 heteroatoms. The van der Waals surface area contributed by atoms with E-state index >= 15 is 0 Å². The smallest absolute Gasteiger partial charge is 0.272 e. The van der Waals surface area contributed by atoms with Crippen LogP contribution in [-0.2, 0) is 17.1 Å². The van der Waals surface area contributed by atoms with Gasteiger partial charge < -0.3 is 15.2 Å². The van der Waals surface area contributed by atoms with Crippen molar-refractivity contribution < 1.29 is 18.0 Å². The van der Waals surface area contributed by atoms with Crippen molar-refractivity contribution in [3.8, 4) is 0 Å². The van der Waals surface area contributed by atoms with Crippen LogP contribution in [0.5, 0.6) is 0 Å². The van der Waals surface area contributed by atoms with Crippen LogP contribution < -0.4 is 10.6 Å². The number of sulfonamides is 1. The minimum Gasteiger partial charge on any atom is -0.345 e. The number of anilines is 2. The highest BCUT2D eigenvalue weighted by Crippen LogP contribution is 2.22. The molecule has 3 aromatic rings. The summed E-state index contributed by atoms with van der Waals surface area (Å²) in [5.41, 5.74) is 2.43. The number of carbonyl (C=O) groups excluding carboxylic acids is 2. The third-order valence-electron chi connectivity index (χ3n) is 5.25. The van der Waals surface area contributed by atoms with Crippen molar-refractivity contribution >= 4 is 33.2 Å². The Morgan fingerprint density at radius 1 is 0.939 bits per heavy atom. The van der Waals surface area contributed by atoms with Gasteiger partial charge in [-0.05, 0) is 42.8 Å². The van der Waals surface area contributed by atoms with Crippen molar-refractivity contribution in [2.75, 3.05) is 23.7 Å². The molecule has 0 spiro atoms. The molecular formula is C24H28N4O4S. The quantitative estimate of drug-likeness (QED) is 0.524. The predicted molar refractivity (Wildman–Crippen MR) is 129 cm³/mol. The number of aryl methyl sites for hydroxylation is 2. The third kappa shape index (κ3) is 5.32. The molecule has 0 bridgehead atoms. The van der Waals surface area contributed by atoms with E-state index in [-0.39, 0.29) is 22.1 Å². The minimum atomic E-state index is -3.70. The van der Waals surface area contributed by atoms with E-state index in [0.717, 1.165) is 5.56 Å². The van der Waals surface area contributed by atoms with Gasteiger partial charge in [-0.15, -0.1) is 0 Å². The number of hydrogen-bond acceptors (Lipinski definition) is 4. The molecule has 8 nitrogen and oxygen atoms in total. The molecule has 33 heavy (non-hydrogen) atoms. The van der Waals surface area contributed by atoms with Gasteiger partial charge >= 0.3 is 0 Å². The highest BCUT2D eigenvalue weighted by molar-refractivity contribution is 7.89. The normalized spacial score (nSPS) is 11.4. The standard InChI is InChI=1S/C24H28N4O4S/c1-5-28(6-2)33(31,32)19-15-22(27(4)16-19)24(30)26-21-13-8-7-12-20(21)23(29)25-18-11-9-10-17(3)14-18/h7-16H,5-6H2,1-4H3,(H,25,29)(H,26,30). The van der Waals surface area contributed by atoms with Crippen LogP contribution in [0.1, 0.15) is 40.3 Å². The van der Waals surface area contributed by atoms with Crippen LogP contribution in [0.4, 0.5) is 11.4 Å². The van der Waals surface area contributed by atoms with Crippen molar-refractivity contribution in [2.45, 2.75) is 25.7 Å². The molecule has 1 aromatic heterocycles. The van der Waals surface area contributed by atoms with Gasteiger partial charge in [-0.25, -0.2) is 8.42 Å². The summed E-state index contributed by atoms with van der Waals surface area (Å²) in [7, 11) is -2.10. The highest BCUT2D eigenvalue weighted by atomic mass is 32.2. The summed E-state index contributed by atoms with van der Waals surface area (Å²) in [6.07, 6.45) is 1.42. The van der Waals surface area contributed by atoms with Gasteiger partial charge in [0.2, 0.25) is 10.0 Å². The van der Waals surface area contributed by atoms with Crippen LogP contribution in [-0.4, -0.2) is 42.2 Å². The second kappa shape index (κ2) is 10.0. The second-order valence-electron chi connectivity index (χ2n) is 7.58. The SMILES string of the molecule is CCN(CC)S(=O)(=O)c1cc(C(=O)Nc2ccccc2C(=O)Nc2cccc(C)c2)n(C)c1. The zero-order valence-electron chi connectivity index (χ0n) is 19.1. The topological polar surface area (TPSA) is 101 Å². The van der Waals surface area contributed by atoms with E-state index in [1.165, 1.54) is 21.1 Å². The van der Waals surface area contributed by atoms with Crippen molar-refractivity contribution in [3.05, 3.63) is 77.6 Å². The van der Waals surface area contributed by atoms with Crippen LogP contribution >= 0.6 is 0 Å². The van der Waals surface area contributed by atoms with Crippen molar-refractivity contribution in [3.63, 3.8) is 0 Å². The number of carbonyl (C=O) groups is 2. The molecule has 0 aliphatic heterocycles. The number of nitrogens with one attached hydrogen (secondary N) is 2. The van der Waals surface area contributed by atoms with Crippen LogP contribution in [0.25, 0.3) is 0 Å². The van der Waals surface area contributed by atoms with Gasteiger partial charge in [-0.1, -0.05) is 38.1 Å². The van der Waals surface area contributed by atoms with Crippen LogP contribution in [0.3, 0.4) is 0 Å². The summed E-state index contributed by atoms with van der Waals surface area (Å²) in [5, 5.41) is 5.57. The Kier molecular flexibility index (Phi) is 7.35. The van der Waals surface area contributed by atoms with Gasteiger partial charge in [0, 0.05) is 32.0 Å². The van der Waals surface area contributed by atoms with Crippen LogP contribution in [0.2, 0.25) is 0 Å². The first-order valence-corrected chi connectivity index (χ1v) is 12.1. The van der Waals surface area contributed by atoms with Crippen LogP contribution in [0.15, 0.2) is 65.7 Å². The monoisotopic (exact) mass is 468 g/mol. The van der Waals surface area contributed by atoms with Gasteiger partial charge in [0.15, 0.2) is 0 Å². The van der Waals surface area contributed by atoms with Gasteiger partial charge in [0.25, 0.3) is 11.8 Å². The average Bonchev–Trinajstić information content (AvgIpc) is 3.17. The first kappa shape index (κ1) is 24.2. The molecule has 0 fully saturated rings. The van der Waals surface area contributed by atoms with Crippen molar-refractivity contribution in [2.24, 2.45) is 7.05 Å². The maximum atomic E-state index is 13.0. The summed E-state index contributed by atoms with van der Waals surface area (Å²) in [6.45, 7) is 6.11. The Morgan fingerprint density at radius 2 is 1.64 bits per heavy atom. The summed E-state index contributed by atoms with van der Waals surface area (Å²) in [6, 6.07) is 15.4. The Balaban J connectivity index is 1.85. The largest absolute Gasteiger partial charge is 0.345 e. The van der Waals surface area contributed by atoms with E-state index in [4.69, 9.17) is 0 Å². The fourth-order valence-electron chi connectivity index (χ4n) is 3.51. The Morgan fingerprint density at radius 3 is 2.30 bits per heavy atom. The molecule has 1 heterocycles. The fourth-order valence-corrected chi connectivity index (χ4v) is 5.04. The lowest BCUT2D eigenvalue weighted by Gasteiger charge is -2.17. The van der Waals surface area contributed by atoms with E-state index in [1.807, 2.05) is 25.1 Å². The lowest BCUT2D eigenvalue weighted by atomic mass is 10.1. The van der Waals surface area contributed by atoms with E-state index < -0.39 is 15.9 Å². The number of amides is 2. The molecular weight excluding hydrogens is 440 g/mol. The molecule has 0 aliphatic rings. The van der Waals surface area contributed by atoms with E-state index in [0.29, 0.717) is 24.5 Å². The summed E-state index contributed by atoms with van der Waals surface area (Å²) in [5.74, 6) is -0.887. The van der Waals surface area contributed by atoms with Gasteiger partial charge in [-0.3, -0.25) is 9.59 Å². The predicted octanol–water partition coefficient (Wildman–Crippen LogP) is 3.87. The van der Waals surface area contributed by atoms with E-state index in [9.17, 15) is 18.0 Å². The van der Waals surface area contributed by atoms with Gasteiger partial charge in [0.05, 0.1) is 11.3 Å². The molecule has 0 atom stereocenters. The molecule has 174 valence electrons. The lowest BCUT2D eigenvalue weighted by molar-refractivity contribution is 0.101. The summed E-state index contributed by atoms with van der Waals surface area (Å²) in [4.78, 5) is 25.9. The fraction of sp³-hybridized carbons (Fsp3) is 0.250. The summed E-state index contributed by atoms with van der Waals surface area (Å²) >= 11 is 0. The maximum absolute atomic E-state index is 13.0. The molecule has 0 saturated carbocycles. The molecule has 2 amide bonds. The lowest BCUT2D eigenvalue weighted by Crippen LogP contribution is -2.30. The number of nitrogens with zero attached hydrogens (tertiary/aromatic N) is 2. The molecule has 0 radical (unpaired) electrons. The number of aromatic nitrogens is 1. The van der Waals surface area contributed by atoms with Crippen LogP contribution in [0, 0.1) is 6.92 Å². The van der Waals surface area contributed by atoms with Crippen molar-refractivity contribution in [1.82, 2.24) is 8.87 Å². The maximum Gasteiger partial charge on any atom is 0.272 e. The molecule has 0 aliphatic carbocycles. The molecule has 0 unspecified atom stereocenters. The van der Waals surface area contributed by atoms with E-state index in [1.54, 1.807) is 51.2 Å². The first-order chi connectivity index (χ1) is 15.7. The Hall–Kier alpha value is -3.43. The Labute approximate surface area is 194 Å². The molecule has 3 rings (SSSR count). The van der Waals surface area contributed by atoms with Gasteiger partial charge in [-0.2, -0.15) is 4.31 Å². The number of benzene rings is 2. The first-order valence-electron chi connectivity index (χ1n) is 10.6. The second-order valence-corrected chi connectivity index (χ2v) is 9.52. The molecule has 2 aromatic carbocycles. The zero-order chi connectivity index (χ0) is 24.2. The highest BCUT2D eigenvalue weighted by Gasteiger charge is 2.26. The Bertz CT molecular complexity index is 1280. The average molecular weight is 469 g/mol. The minimum absolute atomic E-state index is 0.0457. The van der Waals surface area contributed by atoms with Crippen molar-refractivity contribution in [1.29, 1.82) is 0 Å². The third-order valence-corrected chi connectivity index (χ3v) is 7.27.